The summed E-state index contributed by atoms with van der Waals surface area (Å²) >= 11 is 5.52. The lowest BCUT2D eigenvalue weighted by molar-refractivity contribution is -0.407. The van der Waals surface area contributed by atoms with Crippen LogP contribution in [0.3, 0.4) is 0 Å². The second-order valence-corrected chi connectivity index (χ2v) is 30.5. The van der Waals surface area contributed by atoms with Crippen LogP contribution < -0.4 is 8.25 Å². The van der Waals surface area contributed by atoms with Gasteiger partial charge in [0.15, 0.2) is 0 Å². The molecule has 20 nitrogen and oxygen atoms in total. The molecule has 4 N–H and O–H groups in total. The minimum Gasteiger partial charge on any atom is -0.282 e. The van der Waals surface area contributed by atoms with Crippen molar-refractivity contribution in [1.29, 1.82) is 0 Å². The molecule has 0 unspecified atom stereocenters. The molecule has 4 aromatic carbocycles. The fourth-order valence-corrected chi connectivity index (χ4v) is 17.0. The zero-order valence-electron chi connectivity index (χ0n) is 38.7. The van der Waals surface area contributed by atoms with Gasteiger partial charge in [-0.25, -0.2) is 63.7 Å². The number of nitrogens with one attached hydrogen (secondary N) is 2. The summed E-state index contributed by atoms with van der Waals surface area (Å²) in [6.45, 7) is 0. The molecule has 0 fully saturated rings. The molecule has 0 aromatic heterocycles. The van der Waals surface area contributed by atoms with Gasteiger partial charge in [0, 0.05) is 16.1 Å². The van der Waals surface area contributed by atoms with E-state index in [1.807, 2.05) is 0 Å². The molecule has 86 heavy (non-hydrogen) atoms. The van der Waals surface area contributed by atoms with Gasteiger partial charge >= 0.3 is 56.6 Å². The highest BCUT2D eigenvalue weighted by molar-refractivity contribution is 8.06. The molecule has 52 heteroatoms. The van der Waals surface area contributed by atoms with E-state index in [-0.39, 0.29) is 42.5 Å². The predicted octanol–water partition coefficient (Wildman–Crippen LogP) is 7.26. The highest BCUT2D eigenvalue weighted by atomic mass is 35.5. The first-order chi connectivity index (χ1) is 37.7. The number of benzene rings is 4. The van der Waals surface area contributed by atoms with Crippen molar-refractivity contribution in [2.45, 2.75) is 85.9 Å². The Morgan fingerprint density at radius 2 is 0.721 bits per heavy atom. The monoisotopic (exact) mass is 1470 g/mol. The van der Waals surface area contributed by atoms with Crippen LogP contribution in [0.15, 0.2) is 102 Å². The van der Waals surface area contributed by atoms with Crippen LogP contribution in [0.5, 0.6) is 0 Å². The van der Waals surface area contributed by atoms with Crippen molar-refractivity contribution in [2.24, 2.45) is 0 Å². The standard InChI is InChI=1S/C34H16ClF23N2O18S8/c35-18-12-23(80(63,64)31(51,52)27(43,44)25(39,40)26(41,42)28(45,46)33(55,56)85(75,76)59-81(65,66)14-5-7-15(8-6-14)83(69,70)71)20(38)11-17(18)16-2-1-3-21(24(16)84(72,73)74)82(67,68)60-86(77,78)34(57,58)30(49,50)29(47,48)32(53,54)79(61,62)22-10-13(36)4-9-19(22)37/h1-12,59-60H,(H,69,70,71)(H,72,73,74). The Morgan fingerprint density at radius 1 is 0.360 bits per heavy atom. The molecule has 0 aliphatic carbocycles. The Labute approximate surface area is 467 Å². The van der Waals surface area contributed by atoms with Gasteiger partial charge in [0.25, 0.3) is 80.0 Å². The molecule has 0 saturated carbocycles. The maximum absolute atomic E-state index is 15.6. The minimum absolute atomic E-state index is 0.0306. The molecule has 0 saturated heterocycles. The lowest BCUT2D eigenvalue weighted by Crippen LogP contribution is -2.73. The second-order valence-electron chi connectivity index (χ2n) is 16.1. The molecule has 0 spiro atoms. The topological polar surface area (TPSA) is 338 Å². The average Bonchev–Trinajstić information content (AvgIpc) is 0.707. The van der Waals surface area contributed by atoms with Crippen molar-refractivity contribution >= 4 is 91.6 Å². The van der Waals surface area contributed by atoms with Gasteiger partial charge in [-0.3, -0.25) is 9.11 Å². The third-order valence-corrected chi connectivity index (χ3v) is 23.7. The predicted molar refractivity (Wildman–Crippen MR) is 232 cm³/mol. The van der Waals surface area contributed by atoms with E-state index in [0.717, 1.165) is 0 Å². The molecule has 0 bridgehead atoms. The number of sulfone groups is 2. The molecular formula is C34H16ClF23N2O18S8. The van der Waals surface area contributed by atoms with Crippen LogP contribution in [0.4, 0.5) is 101 Å². The summed E-state index contributed by atoms with van der Waals surface area (Å²) in [6.07, 6.45) is 0. The molecule has 0 atom stereocenters. The van der Waals surface area contributed by atoms with Crippen molar-refractivity contribution in [3.63, 3.8) is 0 Å². The lowest BCUT2D eigenvalue weighted by Gasteiger charge is -2.40. The fraction of sp³-hybridized carbons (Fsp3) is 0.294. The van der Waals surface area contributed by atoms with E-state index in [1.165, 1.54) is 0 Å². The quantitative estimate of drug-likeness (QED) is 0.0419. The van der Waals surface area contributed by atoms with Crippen LogP contribution in [-0.4, -0.2) is 133 Å². The summed E-state index contributed by atoms with van der Waals surface area (Å²) in [7, 11) is -59.8. The minimum atomic E-state index is -9.21. The van der Waals surface area contributed by atoms with Gasteiger partial charge in [0.05, 0.1) is 9.79 Å². The molecule has 4 rings (SSSR count). The van der Waals surface area contributed by atoms with E-state index >= 15 is 30.7 Å². The maximum atomic E-state index is 15.6. The highest BCUT2D eigenvalue weighted by Gasteiger charge is 2.94. The zero-order valence-corrected chi connectivity index (χ0v) is 46.0. The first-order valence-corrected chi connectivity index (χ1v) is 31.8. The van der Waals surface area contributed by atoms with Crippen LogP contribution in [0.25, 0.3) is 11.1 Å². The lowest BCUT2D eigenvalue weighted by atomic mass is 9.98. The Kier molecular flexibility index (Phi) is 18.2. The number of halogens is 24. The second kappa shape index (κ2) is 21.3. The summed E-state index contributed by atoms with van der Waals surface area (Å²) in [5, 5.41) is -35.2. The first-order valence-electron chi connectivity index (χ1n) is 19.6. The van der Waals surface area contributed by atoms with Crippen molar-refractivity contribution in [1.82, 2.24) is 8.25 Å². The van der Waals surface area contributed by atoms with Crippen LogP contribution in [0.1, 0.15) is 0 Å². The van der Waals surface area contributed by atoms with Crippen LogP contribution >= 0.6 is 11.6 Å². The summed E-state index contributed by atoms with van der Waals surface area (Å²) in [5.74, 6) is -61.6. The molecule has 0 aliphatic heterocycles. The summed E-state index contributed by atoms with van der Waals surface area (Å²) in [5.41, 5.74) is -4.21. The molecule has 0 aliphatic rings. The Bertz CT molecular complexity index is 4410. The van der Waals surface area contributed by atoms with Crippen molar-refractivity contribution in [3.8, 4) is 11.1 Å². The Balaban J connectivity index is 1.83. The summed E-state index contributed by atoms with van der Waals surface area (Å²) in [4.78, 5) is -15.4. The first kappa shape index (κ1) is 73.5. The molecular weight excluding hydrogens is 1450 g/mol. The molecule has 0 heterocycles. The van der Waals surface area contributed by atoms with E-state index in [0.29, 0.717) is 0 Å². The largest absolute Gasteiger partial charge is 0.428 e. The van der Waals surface area contributed by atoms with Gasteiger partial charge in [-0.05, 0) is 60.7 Å². The number of hydrogen-bond acceptors (Lipinski definition) is 16. The third-order valence-electron chi connectivity index (χ3n) is 10.6. The van der Waals surface area contributed by atoms with Gasteiger partial charge in [-0.15, -0.1) is 0 Å². The summed E-state index contributed by atoms with van der Waals surface area (Å²) in [6, 6.07) is -5.17. The van der Waals surface area contributed by atoms with Gasteiger partial charge < -0.3 is 0 Å². The fourth-order valence-electron chi connectivity index (χ4n) is 6.18. The number of rotatable bonds is 23. The summed E-state index contributed by atoms with van der Waals surface area (Å²) < 4.78 is 557. The SMILES string of the molecule is O=S(=O)(O)c1ccc(S(=O)(=O)NS(=O)(=O)C(F)(F)C(F)(F)C(F)(F)C(F)(F)C(F)(F)C(F)(F)S(=O)(=O)c2cc(Cl)c(-c3cccc(S(=O)(=O)NS(=O)(=O)C(F)(F)C(F)(F)C(F)(F)C(F)(F)S(=O)(=O)c4cc(F)ccc4F)c3S(=O)(=O)O)cc2F)cc1. The smallest absolute Gasteiger partial charge is 0.282 e. The van der Waals surface area contributed by atoms with Gasteiger partial charge in [0.2, 0.25) is 0 Å². The molecule has 0 radical (unpaired) electrons. The van der Waals surface area contributed by atoms with E-state index < -0.39 is 238 Å². The van der Waals surface area contributed by atoms with E-state index in [2.05, 4.69) is 0 Å². The molecule has 486 valence electrons. The number of sulfonamides is 4. The van der Waals surface area contributed by atoms with Crippen LogP contribution in [0, 0.1) is 17.5 Å². The van der Waals surface area contributed by atoms with Gasteiger partial charge in [0.1, 0.15) is 37.0 Å². The number of hydrogen-bond donors (Lipinski definition) is 4. The van der Waals surface area contributed by atoms with Crippen molar-refractivity contribution in [2.75, 3.05) is 0 Å². The van der Waals surface area contributed by atoms with E-state index in [1.54, 1.807) is 0 Å². The zero-order chi connectivity index (χ0) is 67.8. The number of alkyl halides is 20. The normalized spacial score (nSPS) is 15.2. The van der Waals surface area contributed by atoms with Crippen LogP contribution in [0.2, 0.25) is 5.02 Å². The molecule has 4 aromatic rings. The maximum Gasteiger partial charge on any atom is 0.428 e. The van der Waals surface area contributed by atoms with Gasteiger partial charge in [-0.2, -0.15) is 105 Å². The average molecular weight is 1470 g/mol. The Hall–Kier alpha value is -5.00. The van der Waals surface area contributed by atoms with Crippen LogP contribution in [-0.2, 0) is 80.0 Å². The van der Waals surface area contributed by atoms with Crippen molar-refractivity contribution in [3.05, 3.63) is 95.3 Å². The van der Waals surface area contributed by atoms with E-state index in [9.17, 15) is 142 Å². The third kappa shape index (κ3) is 11.1. The van der Waals surface area contributed by atoms with E-state index in [4.69, 9.17) is 16.2 Å². The highest BCUT2D eigenvalue weighted by Crippen LogP contribution is 2.63. The molecule has 0 amide bonds. The van der Waals surface area contributed by atoms with Gasteiger partial charge in [-0.1, -0.05) is 32.0 Å². The van der Waals surface area contributed by atoms with Crippen molar-refractivity contribution < 1.29 is 177 Å². The Morgan fingerprint density at radius 3 is 1.13 bits per heavy atom.